The highest BCUT2D eigenvalue weighted by atomic mass is 16.7. The largest absolute Gasteiger partial charge is 0.493 e. The predicted octanol–water partition coefficient (Wildman–Crippen LogP) is 1.70. The predicted molar refractivity (Wildman–Crippen MR) is 86.2 cm³/mol. The van der Waals surface area contributed by atoms with Gasteiger partial charge in [-0.2, -0.15) is 5.26 Å². The lowest BCUT2D eigenvalue weighted by atomic mass is 10.1. The third kappa shape index (κ3) is 3.06. The van der Waals surface area contributed by atoms with Gasteiger partial charge in [0.15, 0.2) is 18.1 Å². The van der Waals surface area contributed by atoms with Gasteiger partial charge in [0.2, 0.25) is 0 Å². The summed E-state index contributed by atoms with van der Waals surface area (Å²) >= 11 is 0. The number of nitrogens with zero attached hydrogens (tertiary/aromatic N) is 2. The zero-order valence-corrected chi connectivity index (χ0v) is 13.6. The normalized spacial score (nSPS) is 12.4. The lowest BCUT2D eigenvalue weighted by molar-refractivity contribution is -0.170. The van der Waals surface area contributed by atoms with Crippen LogP contribution in [-0.4, -0.2) is 36.6 Å². The van der Waals surface area contributed by atoms with Gasteiger partial charge in [0.05, 0.1) is 29.9 Å². The lowest BCUT2D eigenvalue weighted by Crippen LogP contribution is -2.34. The highest BCUT2D eigenvalue weighted by Crippen LogP contribution is 2.28. The number of fused-ring (bicyclic) bond motifs is 1. The van der Waals surface area contributed by atoms with Gasteiger partial charge in [-0.1, -0.05) is 17.2 Å². The number of imide groups is 1. The van der Waals surface area contributed by atoms with E-state index in [1.807, 2.05) is 6.07 Å². The molecule has 0 N–H and O–H groups in total. The van der Waals surface area contributed by atoms with Crippen LogP contribution >= 0.6 is 0 Å². The Morgan fingerprint density at radius 1 is 1.08 bits per heavy atom. The number of hydroxylamine groups is 2. The van der Waals surface area contributed by atoms with E-state index in [4.69, 9.17) is 19.6 Å². The first-order chi connectivity index (χ1) is 12.5. The summed E-state index contributed by atoms with van der Waals surface area (Å²) in [4.78, 5) is 41.0. The molecular weight excluding hydrogens is 340 g/mol. The Kier molecular flexibility index (Phi) is 4.53. The number of nitriles is 1. The fourth-order valence-electron chi connectivity index (χ4n) is 2.37. The molecule has 1 aliphatic rings. The Hall–Kier alpha value is -3.86. The minimum atomic E-state index is -0.939. The quantitative estimate of drug-likeness (QED) is 0.754. The molecule has 0 saturated heterocycles. The van der Waals surface area contributed by atoms with Crippen LogP contribution in [0, 0.1) is 11.3 Å². The highest BCUT2D eigenvalue weighted by Gasteiger charge is 2.38. The van der Waals surface area contributed by atoms with Gasteiger partial charge in [0, 0.05) is 6.07 Å². The molecule has 0 unspecified atom stereocenters. The number of carbonyl (C=O) groups is 3. The maximum absolute atomic E-state index is 12.1. The molecule has 2 aromatic rings. The maximum atomic E-state index is 12.1. The number of ether oxygens (including phenoxy) is 2. The average Bonchev–Trinajstić information content (AvgIpc) is 2.91. The SMILES string of the molecule is COc1cc(C#N)ccc1OCC(=O)ON1C(=O)c2ccccc2C1=O. The fourth-order valence-corrected chi connectivity index (χ4v) is 2.37. The molecule has 0 radical (unpaired) electrons. The summed E-state index contributed by atoms with van der Waals surface area (Å²) in [6.07, 6.45) is 0. The number of carbonyl (C=O) groups excluding carboxylic acids is 3. The van der Waals surface area contributed by atoms with Crippen LogP contribution in [0.25, 0.3) is 0 Å². The molecule has 0 bridgehead atoms. The Morgan fingerprint density at radius 3 is 2.31 bits per heavy atom. The standard InChI is InChI=1S/C18H12N2O6/c1-24-15-8-11(9-19)6-7-14(15)25-10-16(21)26-20-17(22)12-4-2-3-5-13(12)18(20)23/h2-8H,10H2,1H3. The summed E-state index contributed by atoms with van der Waals surface area (Å²) in [5.41, 5.74) is 0.697. The molecule has 1 heterocycles. The number of methoxy groups -OCH3 is 1. The molecule has 0 aliphatic carbocycles. The van der Waals surface area contributed by atoms with Crippen LogP contribution in [0.2, 0.25) is 0 Å². The smallest absolute Gasteiger partial charge is 0.370 e. The van der Waals surface area contributed by atoms with Crippen molar-refractivity contribution >= 4 is 17.8 Å². The molecule has 130 valence electrons. The van der Waals surface area contributed by atoms with Crippen LogP contribution in [0.3, 0.4) is 0 Å². The van der Waals surface area contributed by atoms with Crippen molar-refractivity contribution in [3.63, 3.8) is 0 Å². The molecule has 2 aromatic carbocycles. The van der Waals surface area contributed by atoms with Crippen molar-refractivity contribution in [1.82, 2.24) is 5.06 Å². The molecule has 0 aromatic heterocycles. The molecule has 26 heavy (non-hydrogen) atoms. The summed E-state index contributed by atoms with van der Waals surface area (Å²) in [6, 6.07) is 12.5. The number of hydrogen-bond donors (Lipinski definition) is 0. The lowest BCUT2D eigenvalue weighted by Gasteiger charge is -2.14. The molecule has 8 heteroatoms. The van der Waals surface area contributed by atoms with E-state index >= 15 is 0 Å². The van der Waals surface area contributed by atoms with E-state index in [-0.39, 0.29) is 22.6 Å². The summed E-state index contributed by atoms with van der Waals surface area (Å²) in [7, 11) is 1.39. The van der Waals surface area contributed by atoms with E-state index in [0.717, 1.165) is 0 Å². The molecule has 1 aliphatic heterocycles. The zero-order valence-electron chi connectivity index (χ0n) is 13.6. The Balaban J connectivity index is 1.65. The van der Waals surface area contributed by atoms with Crippen LogP contribution in [0.1, 0.15) is 26.3 Å². The van der Waals surface area contributed by atoms with Gasteiger partial charge in [-0.3, -0.25) is 9.59 Å². The maximum Gasteiger partial charge on any atom is 0.370 e. The average molecular weight is 352 g/mol. The Morgan fingerprint density at radius 2 is 1.73 bits per heavy atom. The van der Waals surface area contributed by atoms with Gasteiger partial charge >= 0.3 is 5.97 Å². The van der Waals surface area contributed by atoms with E-state index in [2.05, 4.69) is 0 Å². The second-order valence-corrected chi connectivity index (χ2v) is 5.18. The topological polar surface area (TPSA) is 106 Å². The molecule has 0 atom stereocenters. The van der Waals surface area contributed by atoms with Gasteiger partial charge in [-0.15, -0.1) is 0 Å². The van der Waals surface area contributed by atoms with E-state index < -0.39 is 24.4 Å². The summed E-state index contributed by atoms with van der Waals surface area (Å²) in [6.45, 7) is -0.560. The summed E-state index contributed by atoms with van der Waals surface area (Å²) in [5.74, 6) is -1.89. The van der Waals surface area contributed by atoms with Crippen molar-refractivity contribution in [2.45, 2.75) is 0 Å². The highest BCUT2D eigenvalue weighted by molar-refractivity contribution is 6.20. The molecular formula is C18H12N2O6. The molecule has 0 saturated carbocycles. The van der Waals surface area contributed by atoms with Crippen molar-refractivity contribution in [3.8, 4) is 17.6 Å². The van der Waals surface area contributed by atoms with Crippen LogP contribution in [0.15, 0.2) is 42.5 Å². The fraction of sp³-hybridized carbons (Fsp3) is 0.111. The molecule has 0 spiro atoms. The van der Waals surface area contributed by atoms with Crippen molar-refractivity contribution < 1.29 is 28.7 Å². The van der Waals surface area contributed by atoms with Crippen LogP contribution < -0.4 is 9.47 Å². The van der Waals surface area contributed by atoms with Crippen LogP contribution in [0.4, 0.5) is 0 Å². The van der Waals surface area contributed by atoms with Crippen LogP contribution in [-0.2, 0) is 9.63 Å². The monoisotopic (exact) mass is 352 g/mol. The van der Waals surface area contributed by atoms with E-state index in [9.17, 15) is 14.4 Å². The van der Waals surface area contributed by atoms with Crippen LogP contribution in [0.5, 0.6) is 11.5 Å². The molecule has 8 nitrogen and oxygen atoms in total. The van der Waals surface area contributed by atoms with Gasteiger partial charge in [-0.05, 0) is 24.3 Å². The number of rotatable bonds is 5. The third-order valence-corrected chi connectivity index (χ3v) is 3.59. The van der Waals surface area contributed by atoms with E-state index in [0.29, 0.717) is 10.6 Å². The molecule has 3 rings (SSSR count). The van der Waals surface area contributed by atoms with E-state index in [1.165, 1.54) is 37.4 Å². The second kappa shape index (κ2) is 6.94. The Labute approximate surface area is 148 Å². The number of benzene rings is 2. The molecule has 0 fully saturated rings. The van der Waals surface area contributed by atoms with E-state index in [1.54, 1.807) is 12.1 Å². The van der Waals surface area contributed by atoms with Crippen molar-refractivity contribution in [3.05, 3.63) is 59.2 Å². The van der Waals surface area contributed by atoms with Gasteiger partial charge < -0.3 is 14.3 Å². The second-order valence-electron chi connectivity index (χ2n) is 5.18. The number of hydrogen-bond acceptors (Lipinski definition) is 7. The third-order valence-electron chi connectivity index (χ3n) is 3.59. The van der Waals surface area contributed by atoms with Gasteiger partial charge in [0.25, 0.3) is 11.8 Å². The van der Waals surface area contributed by atoms with Crippen molar-refractivity contribution in [2.24, 2.45) is 0 Å². The minimum Gasteiger partial charge on any atom is -0.493 e. The first kappa shape index (κ1) is 17.0. The summed E-state index contributed by atoms with van der Waals surface area (Å²) < 4.78 is 10.4. The first-order valence-electron chi connectivity index (χ1n) is 7.44. The Bertz CT molecular complexity index is 912. The van der Waals surface area contributed by atoms with Crippen molar-refractivity contribution in [2.75, 3.05) is 13.7 Å². The van der Waals surface area contributed by atoms with Crippen molar-refractivity contribution in [1.29, 1.82) is 5.26 Å². The van der Waals surface area contributed by atoms with Gasteiger partial charge in [-0.25, -0.2) is 4.79 Å². The summed E-state index contributed by atoms with van der Waals surface area (Å²) in [5, 5.41) is 9.27. The molecule has 2 amide bonds. The minimum absolute atomic E-state index is 0.167. The van der Waals surface area contributed by atoms with Gasteiger partial charge in [0.1, 0.15) is 0 Å². The zero-order chi connectivity index (χ0) is 18.7. The number of amides is 2. The first-order valence-corrected chi connectivity index (χ1v) is 7.44.